The van der Waals surface area contributed by atoms with E-state index in [9.17, 15) is 15.0 Å². The minimum absolute atomic E-state index is 0.0618. The first kappa shape index (κ1) is 61.1. The fraction of sp³-hybridized carbons (Fsp3) is 0.814. The minimum Gasteiger partial charge on any atom is -0.394 e. The number of carbonyl (C=O) groups is 1. The second-order valence-corrected chi connectivity index (χ2v) is 19.0. The standard InChI is InChI=1S/C59H109NO3/c1-3-5-7-9-11-13-15-17-19-21-23-25-27-28-29-30-31-32-33-35-37-39-41-43-45-47-49-51-53-55-59(63)60-57(56-61)58(62)54-52-50-48-46-44-42-40-38-36-34-26-24-22-20-18-16-14-12-10-8-6-4-2/h5,7,11,13,17,19,23,25,52,54,57-58,61-62H,3-4,6,8-10,12,14-16,18,20-22,24,26-51,53,55-56H2,1-2H3,(H,60,63)/b7-5-,13-11-,19-17-,25-23-,54-52+. The molecule has 0 spiro atoms. The summed E-state index contributed by atoms with van der Waals surface area (Å²) >= 11 is 0. The Kier molecular flexibility index (Phi) is 52.8. The molecule has 3 N–H and O–H groups in total. The van der Waals surface area contributed by atoms with Crippen LogP contribution in [0.5, 0.6) is 0 Å². The van der Waals surface area contributed by atoms with Gasteiger partial charge in [-0.1, -0.05) is 286 Å². The second kappa shape index (κ2) is 54.4. The molecule has 0 saturated carbocycles. The van der Waals surface area contributed by atoms with E-state index in [1.165, 1.54) is 218 Å². The molecule has 368 valence electrons. The first-order chi connectivity index (χ1) is 31.2. The number of nitrogens with one attached hydrogen (secondary N) is 1. The van der Waals surface area contributed by atoms with Crippen LogP contribution in [0.4, 0.5) is 0 Å². The van der Waals surface area contributed by atoms with Crippen LogP contribution in [0.25, 0.3) is 0 Å². The van der Waals surface area contributed by atoms with E-state index in [0.717, 1.165) is 51.4 Å². The van der Waals surface area contributed by atoms with E-state index in [1.807, 2.05) is 6.08 Å². The highest BCUT2D eigenvalue weighted by Crippen LogP contribution is 2.17. The zero-order valence-corrected chi connectivity index (χ0v) is 42.3. The van der Waals surface area contributed by atoms with Crippen LogP contribution in [-0.2, 0) is 4.79 Å². The Morgan fingerprint density at radius 3 is 1.05 bits per heavy atom. The summed E-state index contributed by atoms with van der Waals surface area (Å²) < 4.78 is 0. The fourth-order valence-electron chi connectivity index (χ4n) is 8.53. The van der Waals surface area contributed by atoms with E-state index in [1.54, 1.807) is 6.08 Å². The molecule has 0 aromatic carbocycles. The first-order valence-corrected chi connectivity index (χ1v) is 28.0. The molecule has 2 unspecified atom stereocenters. The molecule has 4 heteroatoms. The van der Waals surface area contributed by atoms with Gasteiger partial charge in [-0.05, 0) is 57.8 Å². The van der Waals surface area contributed by atoms with Crippen molar-refractivity contribution in [3.63, 3.8) is 0 Å². The molecule has 0 heterocycles. The van der Waals surface area contributed by atoms with Crippen LogP contribution in [0.15, 0.2) is 60.8 Å². The molecule has 0 aliphatic heterocycles. The Bertz CT molecular complexity index is 1040. The van der Waals surface area contributed by atoms with Gasteiger partial charge in [0, 0.05) is 6.42 Å². The zero-order chi connectivity index (χ0) is 45.6. The predicted molar refractivity (Wildman–Crippen MR) is 281 cm³/mol. The molecule has 0 bridgehead atoms. The van der Waals surface area contributed by atoms with Crippen molar-refractivity contribution in [1.29, 1.82) is 0 Å². The van der Waals surface area contributed by atoms with Crippen molar-refractivity contribution < 1.29 is 15.0 Å². The largest absolute Gasteiger partial charge is 0.394 e. The van der Waals surface area contributed by atoms with E-state index < -0.39 is 12.1 Å². The van der Waals surface area contributed by atoms with Crippen LogP contribution >= 0.6 is 0 Å². The normalized spacial score (nSPS) is 13.3. The molecule has 0 aromatic heterocycles. The van der Waals surface area contributed by atoms with E-state index in [-0.39, 0.29) is 12.5 Å². The van der Waals surface area contributed by atoms with Crippen LogP contribution < -0.4 is 5.32 Å². The summed E-state index contributed by atoms with van der Waals surface area (Å²) in [4.78, 5) is 12.5. The maximum atomic E-state index is 12.5. The quantitative estimate of drug-likeness (QED) is 0.0421. The SMILES string of the molecule is CC/C=C\C/C=C\C/C=C\C/C=C\CCCCCCCCCCCCCCCCCCC(=O)NC(CO)C(O)/C=C/CCCCCCCCCCCCCCCCCCCCCC. The summed E-state index contributed by atoms with van der Waals surface area (Å²) in [5, 5.41) is 23.2. The molecule has 0 saturated heterocycles. The molecule has 0 fully saturated rings. The lowest BCUT2D eigenvalue weighted by atomic mass is 10.0. The average molecular weight is 881 g/mol. The van der Waals surface area contributed by atoms with Crippen molar-refractivity contribution in [1.82, 2.24) is 5.32 Å². The van der Waals surface area contributed by atoms with Gasteiger partial charge in [-0.15, -0.1) is 0 Å². The lowest BCUT2D eigenvalue weighted by Gasteiger charge is -2.20. The van der Waals surface area contributed by atoms with Crippen LogP contribution in [0.3, 0.4) is 0 Å². The maximum absolute atomic E-state index is 12.5. The molecule has 63 heavy (non-hydrogen) atoms. The number of allylic oxidation sites excluding steroid dienone is 9. The van der Waals surface area contributed by atoms with Gasteiger partial charge >= 0.3 is 0 Å². The van der Waals surface area contributed by atoms with Crippen LogP contribution in [0.1, 0.15) is 290 Å². The monoisotopic (exact) mass is 880 g/mol. The van der Waals surface area contributed by atoms with Gasteiger partial charge in [0.2, 0.25) is 5.91 Å². The number of hydrogen-bond acceptors (Lipinski definition) is 3. The Morgan fingerprint density at radius 2 is 0.698 bits per heavy atom. The summed E-state index contributed by atoms with van der Waals surface area (Å²) in [6.07, 6.45) is 76.6. The van der Waals surface area contributed by atoms with Gasteiger partial charge < -0.3 is 15.5 Å². The number of aliphatic hydroxyl groups excluding tert-OH is 2. The van der Waals surface area contributed by atoms with Crippen molar-refractivity contribution in [3.05, 3.63) is 60.8 Å². The Hall–Kier alpha value is -1.91. The Labute approximate surface area is 394 Å². The van der Waals surface area contributed by atoms with Gasteiger partial charge in [0.1, 0.15) is 0 Å². The van der Waals surface area contributed by atoms with Crippen molar-refractivity contribution >= 4 is 5.91 Å². The smallest absolute Gasteiger partial charge is 0.220 e. The summed E-state index contributed by atoms with van der Waals surface area (Å²) in [5.74, 6) is -0.0618. The Balaban J connectivity index is 3.49. The van der Waals surface area contributed by atoms with Crippen molar-refractivity contribution in [2.45, 2.75) is 302 Å². The summed E-state index contributed by atoms with van der Waals surface area (Å²) in [6.45, 7) is 4.22. The minimum atomic E-state index is -0.841. The number of carbonyl (C=O) groups excluding carboxylic acids is 1. The van der Waals surface area contributed by atoms with Gasteiger partial charge in [0.25, 0.3) is 0 Å². The first-order valence-electron chi connectivity index (χ1n) is 28.0. The molecule has 0 aliphatic carbocycles. The molecular formula is C59H109NO3. The molecule has 0 aromatic rings. The summed E-state index contributed by atoms with van der Waals surface area (Å²) in [7, 11) is 0. The van der Waals surface area contributed by atoms with Crippen molar-refractivity contribution in [2.75, 3.05) is 6.61 Å². The molecule has 4 nitrogen and oxygen atoms in total. The van der Waals surface area contributed by atoms with Crippen LogP contribution in [0, 0.1) is 0 Å². The number of rotatable bonds is 51. The number of unbranched alkanes of at least 4 members (excludes halogenated alkanes) is 36. The van der Waals surface area contributed by atoms with Gasteiger partial charge in [-0.2, -0.15) is 0 Å². The number of aliphatic hydroxyl groups is 2. The zero-order valence-electron chi connectivity index (χ0n) is 42.3. The highest BCUT2D eigenvalue weighted by Gasteiger charge is 2.18. The third-order valence-corrected chi connectivity index (χ3v) is 12.8. The van der Waals surface area contributed by atoms with Crippen LogP contribution in [0.2, 0.25) is 0 Å². The summed E-state index contributed by atoms with van der Waals surface area (Å²) in [5.41, 5.74) is 0. The van der Waals surface area contributed by atoms with Gasteiger partial charge in [0.15, 0.2) is 0 Å². The third kappa shape index (κ3) is 50.9. The molecule has 0 radical (unpaired) electrons. The van der Waals surface area contributed by atoms with E-state index in [2.05, 4.69) is 67.8 Å². The number of hydrogen-bond donors (Lipinski definition) is 3. The highest BCUT2D eigenvalue weighted by molar-refractivity contribution is 5.76. The average Bonchev–Trinajstić information content (AvgIpc) is 3.29. The predicted octanol–water partition coefficient (Wildman–Crippen LogP) is 18.4. The maximum Gasteiger partial charge on any atom is 0.220 e. The molecule has 1 amide bonds. The van der Waals surface area contributed by atoms with E-state index >= 15 is 0 Å². The highest BCUT2D eigenvalue weighted by atomic mass is 16.3. The lowest BCUT2D eigenvalue weighted by Crippen LogP contribution is -2.45. The van der Waals surface area contributed by atoms with Crippen molar-refractivity contribution in [3.8, 4) is 0 Å². The van der Waals surface area contributed by atoms with Gasteiger partial charge in [-0.3, -0.25) is 4.79 Å². The molecule has 0 rings (SSSR count). The second-order valence-electron chi connectivity index (χ2n) is 19.0. The van der Waals surface area contributed by atoms with E-state index in [4.69, 9.17) is 0 Å². The van der Waals surface area contributed by atoms with Crippen LogP contribution in [-0.4, -0.2) is 34.9 Å². The van der Waals surface area contributed by atoms with Crippen molar-refractivity contribution in [2.24, 2.45) is 0 Å². The molecular weight excluding hydrogens is 771 g/mol. The van der Waals surface area contributed by atoms with Gasteiger partial charge in [0.05, 0.1) is 18.8 Å². The molecule has 0 aliphatic rings. The van der Waals surface area contributed by atoms with Gasteiger partial charge in [-0.25, -0.2) is 0 Å². The Morgan fingerprint density at radius 1 is 0.397 bits per heavy atom. The third-order valence-electron chi connectivity index (χ3n) is 12.8. The topological polar surface area (TPSA) is 69.6 Å². The summed E-state index contributed by atoms with van der Waals surface area (Å²) in [6, 6.07) is -0.624. The fourth-order valence-corrected chi connectivity index (χ4v) is 8.53. The number of amides is 1. The van der Waals surface area contributed by atoms with E-state index in [0.29, 0.717) is 6.42 Å². The lowest BCUT2D eigenvalue weighted by molar-refractivity contribution is -0.123. The molecule has 2 atom stereocenters.